The van der Waals surface area contributed by atoms with Crippen LogP contribution in [0.25, 0.3) is 21.3 Å². The molecular weight excluding hydrogens is 290 g/mol. The van der Waals surface area contributed by atoms with Crippen molar-refractivity contribution in [1.82, 2.24) is 9.97 Å². The monoisotopic (exact) mass is 299 g/mol. The molecule has 0 unspecified atom stereocenters. The zero-order valence-electron chi connectivity index (χ0n) is 10.2. The molecule has 0 atom stereocenters. The summed E-state index contributed by atoms with van der Waals surface area (Å²) >= 11 is 3.07. The van der Waals surface area contributed by atoms with Gasteiger partial charge in [-0.05, 0) is 30.3 Å². The topological polar surface area (TPSA) is 64.9 Å². The molecule has 0 saturated heterocycles. The molecule has 0 aliphatic heterocycles. The molecule has 20 heavy (non-hydrogen) atoms. The van der Waals surface area contributed by atoms with Gasteiger partial charge in [-0.25, -0.2) is 9.97 Å². The zero-order valence-corrected chi connectivity index (χ0v) is 11.9. The lowest BCUT2D eigenvalue weighted by atomic mass is 10.3. The molecule has 6 heteroatoms. The third kappa shape index (κ3) is 2.03. The summed E-state index contributed by atoms with van der Waals surface area (Å²) < 4.78 is 7.77. The van der Waals surface area contributed by atoms with Crippen molar-refractivity contribution >= 4 is 50.1 Å². The van der Waals surface area contributed by atoms with Crippen LogP contribution < -0.4 is 5.73 Å². The summed E-state index contributed by atoms with van der Waals surface area (Å²) in [5.41, 5.74) is 8.93. The van der Waals surface area contributed by atoms with Gasteiger partial charge in [0.05, 0.1) is 10.2 Å². The van der Waals surface area contributed by atoms with Crippen LogP contribution in [0.15, 0.2) is 56.4 Å². The molecule has 2 N–H and O–H groups in total. The molecule has 0 aliphatic rings. The highest BCUT2D eigenvalue weighted by Gasteiger charge is 2.11. The minimum absolute atomic E-state index is 0.588. The number of para-hydroxylation sites is 1. The normalized spacial score (nSPS) is 11.4. The predicted molar refractivity (Wildman–Crippen MR) is 82.2 cm³/mol. The van der Waals surface area contributed by atoms with Crippen LogP contribution in [0.4, 0.5) is 5.69 Å². The Morgan fingerprint density at radius 3 is 2.85 bits per heavy atom. The number of hydrogen-bond donors (Lipinski definition) is 1. The van der Waals surface area contributed by atoms with Crippen LogP contribution in [-0.4, -0.2) is 9.97 Å². The first-order chi connectivity index (χ1) is 9.78. The van der Waals surface area contributed by atoms with E-state index in [0.717, 1.165) is 25.7 Å². The lowest BCUT2D eigenvalue weighted by Crippen LogP contribution is -1.82. The second-order valence-electron chi connectivity index (χ2n) is 4.26. The first kappa shape index (κ1) is 11.7. The van der Waals surface area contributed by atoms with Crippen molar-refractivity contribution < 1.29 is 4.42 Å². The molecule has 0 radical (unpaired) electrons. The summed E-state index contributed by atoms with van der Waals surface area (Å²) in [5.74, 6) is 0. The SMILES string of the molecule is Nc1ccc2oc(Sc3nc4ccccc4s3)nc2c1. The van der Waals surface area contributed by atoms with Crippen LogP contribution >= 0.6 is 23.1 Å². The molecular formula is C14H9N3OS2. The quantitative estimate of drug-likeness (QED) is 0.563. The number of nitrogens with zero attached hydrogens (tertiary/aromatic N) is 2. The van der Waals surface area contributed by atoms with E-state index in [2.05, 4.69) is 16.0 Å². The van der Waals surface area contributed by atoms with E-state index in [-0.39, 0.29) is 0 Å². The van der Waals surface area contributed by atoms with Gasteiger partial charge in [0, 0.05) is 17.4 Å². The van der Waals surface area contributed by atoms with Crippen molar-refractivity contribution in [3.05, 3.63) is 42.5 Å². The van der Waals surface area contributed by atoms with E-state index >= 15 is 0 Å². The Morgan fingerprint density at radius 2 is 1.95 bits per heavy atom. The van der Waals surface area contributed by atoms with Crippen molar-refractivity contribution in [2.45, 2.75) is 9.56 Å². The Morgan fingerprint density at radius 1 is 1.05 bits per heavy atom. The molecule has 4 nitrogen and oxygen atoms in total. The third-order valence-electron chi connectivity index (χ3n) is 2.84. The van der Waals surface area contributed by atoms with Gasteiger partial charge in [-0.1, -0.05) is 12.1 Å². The number of nitrogens with two attached hydrogens (primary N) is 1. The second kappa shape index (κ2) is 4.50. The standard InChI is InChI=1S/C14H9N3OS2/c15-8-5-6-11-10(7-8)16-13(18-11)20-14-17-9-3-1-2-4-12(9)19-14/h1-7H,15H2. The minimum atomic E-state index is 0.588. The molecule has 0 amide bonds. The number of fused-ring (bicyclic) bond motifs is 2. The van der Waals surface area contributed by atoms with Crippen molar-refractivity contribution in [3.8, 4) is 0 Å². The van der Waals surface area contributed by atoms with E-state index in [4.69, 9.17) is 10.2 Å². The summed E-state index contributed by atoms with van der Waals surface area (Å²) in [7, 11) is 0. The van der Waals surface area contributed by atoms with Gasteiger partial charge in [0.15, 0.2) is 9.92 Å². The average molecular weight is 299 g/mol. The maximum atomic E-state index is 5.74. The highest BCUT2D eigenvalue weighted by molar-refractivity contribution is 8.00. The van der Waals surface area contributed by atoms with Gasteiger partial charge in [0.25, 0.3) is 5.22 Å². The summed E-state index contributed by atoms with van der Waals surface area (Å²) in [6.07, 6.45) is 0. The smallest absolute Gasteiger partial charge is 0.263 e. The van der Waals surface area contributed by atoms with E-state index in [0.29, 0.717) is 10.9 Å². The maximum absolute atomic E-state index is 5.74. The van der Waals surface area contributed by atoms with Crippen LogP contribution in [0.2, 0.25) is 0 Å². The number of thiazole rings is 1. The molecule has 4 aromatic rings. The minimum Gasteiger partial charge on any atom is -0.431 e. The molecule has 2 aromatic carbocycles. The highest BCUT2D eigenvalue weighted by Crippen LogP contribution is 2.35. The molecule has 98 valence electrons. The van der Waals surface area contributed by atoms with Crippen LogP contribution in [0, 0.1) is 0 Å². The number of nitrogen functional groups attached to an aromatic ring is 1. The maximum Gasteiger partial charge on any atom is 0.263 e. The van der Waals surface area contributed by atoms with E-state index in [1.807, 2.05) is 24.3 Å². The van der Waals surface area contributed by atoms with E-state index in [1.165, 1.54) is 11.8 Å². The van der Waals surface area contributed by atoms with Gasteiger partial charge < -0.3 is 10.2 Å². The van der Waals surface area contributed by atoms with Crippen LogP contribution in [0.3, 0.4) is 0 Å². The third-order valence-corrected chi connectivity index (χ3v) is 4.79. The van der Waals surface area contributed by atoms with Crippen molar-refractivity contribution in [2.75, 3.05) is 5.73 Å². The summed E-state index contributed by atoms with van der Waals surface area (Å²) in [6.45, 7) is 0. The van der Waals surface area contributed by atoms with Gasteiger partial charge in [0.1, 0.15) is 5.52 Å². The average Bonchev–Trinajstić information content (AvgIpc) is 3.00. The Labute approximate surface area is 122 Å². The predicted octanol–water partition coefficient (Wildman–Crippen LogP) is 4.17. The molecule has 0 spiro atoms. The summed E-state index contributed by atoms with van der Waals surface area (Å²) in [6, 6.07) is 13.5. The Hall–Kier alpha value is -2.05. The number of aromatic nitrogens is 2. The number of rotatable bonds is 2. The lowest BCUT2D eigenvalue weighted by molar-refractivity contribution is 0.489. The molecule has 0 bridgehead atoms. The molecule has 2 heterocycles. The van der Waals surface area contributed by atoms with Gasteiger partial charge in [-0.15, -0.1) is 11.3 Å². The molecule has 0 saturated carbocycles. The van der Waals surface area contributed by atoms with Crippen LogP contribution in [-0.2, 0) is 0 Å². The largest absolute Gasteiger partial charge is 0.431 e. The van der Waals surface area contributed by atoms with Crippen molar-refractivity contribution in [2.24, 2.45) is 0 Å². The molecule has 0 fully saturated rings. The number of hydrogen-bond acceptors (Lipinski definition) is 6. The summed E-state index contributed by atoms with van der Waals surface area (Å²) in [5, 5.41) is 0.588. The fourth-order valence-corrected chi connectivity index (χ4v) is 3.85. The first-order valence-electron chi connectivity index (χ1n) is 5.97. The second-order valence-corrected chi connectivity index (χ2v) is 6.49. The Kier molecular flexibility index (Phi) is 2.64. The fourth-order valence-electron chi connectivity index (χ4n) is 1.94. The molecule has 4 rings (SSSR count). The number of benzene rings is 2. The highest BCUT2D eigenvalue weighted by atomic mass is 32.2. The van der Waals surface area contributed by atoms with Crippen LogP contribution in [0.5, 0.6) is 0 Å². The van der Waals surface area contributed by atoms with Gasteiger partial charge in [-0.2, -0.15) is 0 Å². The summed E-state index contributed by atoms with van der Waals surface area (Å²) in [4.78, 5) is 8.97. The first-order valence-corrected chi connectivity index (χ1v) is 7.61. The number of anilines is 1. The van der Waals surface area contributed by atoms with Gasteiger partial charge >= 0.3 is 0 Å². The zero-order chi connectivity index (χ0) is 13.5. The van der Waals surface area contributed by atoms with E-state index < -0.39 is 0 Å². The number of oxazole rings is 1. The van der Waals surface area contributed by atoms with Crippen molar-refractivity contribution in [3.63, 3.8) is 0 Å². The van der Waals surface area contributed by atoms with E-state index in [9.17, 15) is 0 Å². The Bertz CT molecular complexity index is 880. The molecule has 2 aromatic heterocycles. The fraction of sp³-hybridized carbons (Fsp3) is 0. The van der Waals surface area contributed by atoms with E-state index in [1.54, 1.807) is 23.5 Å². The molecule has 0 aliphatic carbocycles. The van der Waals surface area contributed by atoms with Crippen LogP contribution in [0.1, 0.15) is 0 Å². The van der Waals surface area contributed by atoms with Crippen molar-refractivity contribution in [1.29, 1.82) is 0 Å². The van der Waals surface area contributed by atoms with Gasteiger partial charge in [-0.3, -0.25) is 0 Å². The van der Waals surface area contributed by atoms with Gasteiger partial charge in [0.2, 0.25) is 0 Å². The lowest BCUT2D eigenvalue weighted by Gasteiger charge is -1.88. The Balaban J connectivity index is 1.72.